The van der Waals surface area contributed by atoms with E-state index >= 15 is 0 Å². The van der Waals surface area contributed by atoms with Gasteiger partial charge in [0, 0.05) is 31.1 Å². The lowest BCUT2D eigenvalue weighted by Gasteiger charge is -2.34. The number of hydrogen-bond acceptors (Lipinski definition) is 3. The zero-order chi connectivity index (χ0) is 20.4. The summed E-state index contributed by atoms with van der Waals surface area (Å²) in [6.07, 6.45) is 3.58. The highest BCUT2D eigenvalue weighted by molar-refractivity contribution is 6.02. The molecule has 0 spiro atoms. The molecule has 0 radical (unpaired) electrons. The summed E-state index contributed by atoms with van der Waals surface area (Å²) < 4.78 is 5.40. The molecule has 3 rings (SSSR count). The zero-order valence-corrected chi connectivity index (χ0v) is 17.7. The fourth-order valence-corrected chi connectivity index (χ4v) is 4.93. The maximum atomic E-state index is 13.0. The number of amides is 2. The summed E-state index contributed by atoms with van der Waals surface area (Å²) in [5.74, 6) is 1.30. The van der Waals surface area contributed by atoms with Crippen molar-refractivity contribution in [3.63, 3.8) is 0 Å². The van der Waals surface area contributed by atoms with Crippen molar-refractivity contribution in [3.8, 4) is 5.75 Å². The van der Waals surface area contributed by atoms with Crippen LogP contribution in [-0.2, 0) is 16.0 Å². The van der Waals surface area contributed by atoms with Gasteiger partial charge in [-0.25, -0.2) is 0 Å². The lowest BCUT2D eigenvalue weighted by molar-refractivity contribution is -0.133. The smallest absolute Gasteiger partial charge is 0.247 e. The molecule has 0 unspecified atom stereocenters. The third-order valence-corrected chi connectivity index (χ3v) is 6.04. The molecule has 0 fully saturated rings. The van der Waals surface area contributed by atoms with Crippen LogP contribution in [0.2, 0.25) is 0 Å². The fraction of sp³-hybridized carbons (Fsp3) is 0.565. The minimum absolute atomic E-state index is 0.0141. The van der Waals surface area contributed by atoms with Gasteiger partial charge in [0.1, 0.15) is 5.75 Å². The van der Waals surface area contributed by atoms with Gasteiger partial charge in [-0.05, 0) is 81.2 Å². The van der Waals surface area contributed by atoms with Crippen LogP contribution in [0.5, 0.6) is 5.75 Å². The maximum Gasteiger partial charge on any atom is 0.247 e. The summed E-state index contributed by atoms with van der Waals surface area (Å²) >= 11 is 0. The molecule has 2 amide bonds. The monoisotopic (exact) mass is 384 g/mol. The van der Waals surface area contributed by atoms with E-state index in [-0.39, 0.29) is 23.9 Å². The number of hydrogen-bond donors (Lipinski definition) is 1. The first-order chi connectivity index (χ1) is 13.3. The van der Waals surface area contributed by atoms with Gasteiger partial charge in [0.25, 0.3) is 0 Å². The Balaban J connectivity index is 2.07. The number of methoxy groups -OCH3 is 1. The summed E-state index contributed by atoms with van der Waals surface area (Å²) in [7, 11) is 1.68. The summed E-state index contributed by atoms with van der Waals surface area (Å²) in [6.45, 7) is 8.39. The topological polar surface area (TPSA) is 58.6 Å². The van der Waals surface area contributed by atoms with Crippen LogP contribution in [0.3, 0.4) is 0 Å². The lowest BCUT2D eigenvalue weighted by Crippen LogP contribution is -2.43. The third kappa shape index (κ3) is 3.94. The van der Waals surface area contributed by atoms with E-state index in [0.29, 0.717) is 18.9 Å². The highest BCUT2D eigenvalue weighted by Gasteiger charge is 2.33. The molecule has 1 aromatic rings. The molecule has 0 bridgehead atoms. The number of allylic oxidation sites excluding steroid dienone is 1. The SMILES string of the molecule is COc1ccc2c(c1)CC[C@@H]1CCNC(=O)C(C[C@@H](C)N(C(C)=O)C(C)C)=C21. The molecule has 1 aromatic carbocycles. The average molecular weight is 385 g/mol. The van der Waals surface area contributed by atoms with Gasteiger partial charge in [-0.15, -0.1) is 0 Å². The molecule has 0 saturated carbocycles. The first-order valence-electron chi connectivity index (χ1n) is 10.3. The number of benzene rings is 1. The first kappa shape index (κ1) is 20.4. The molecule has 28 heavy (non-hydrogen) atoms. The quantitative estimate of drug-likeness (QED) is 0.844. The van der Waals surface area contributed by atoms with Crippen LogP contribution in [0, 0.1) is 5.92 Å². The Morgan fingerprint density at radius 2 is 2.04 bits per heavy atom. The molecular weight excluding hydrogens is 352 g/mol. The molecule has 2 atom stereocenters. The van der Waals surface area contributed by atoms with Crippen LogP contribution in [0.1, 0.15) is 58.1 Å². The van der Waals surface area contributed by atoms with Crippen LogP contribution < -0.4 is 10.1 Å². The second-order valence-electron chi connectivity index (χ2n) is 8.27. The highest BCUT2D eigenvalue weighted by atomic mass is 16.5. The molecular formula is C23H32N2O3. The number of ether oxygens (including phenoxy) is 1. The largest absolute Gasteiger partial charge is 0.497 e. The van der Waals surface area contributed by atoms with Gasteiger partial charge in [0.05, 0.1) is 7.11 Å². The number of fused-ring (bicyclic) bond motifs is 3. The van der Waals surface area contributed by atoms with Crippen molar-refractivity contribution in [1.82, 2.24) is 10.2 Å². The van der Waals surface area contributed by atoms with Crippen molar-refractivity contribution >= 4 is 17.4 Å². The van der Waals surface area contributed by atoms with Crippen molar-refractivity contribution in [3.05, 3.63) is 34.9 Å². The predicted molar refractivity (Wildman–Crippen MR) is 111 cm³/mol. The molecule has 1 N–H and O–H groups in total. The van der Waals surface area contributed by atoms with Crippen LogP contribution in [-0.4, -0.2) is 42.5 Å². The minimum Gasteiger partial charge on any atom is -0.497 e. The number of carbonyl (C=O) groups is 2. The minimum atomic E-state index is -0.0341. The van der Waals surface area contributed by atoms with Gasteiger partial charge in [-0.3, -0.25) is 9.59 Å². The van der Waals surface area contributed by atoms with Crippen molar-refractivity contribution in [2.45, 2.75) is 65.5 Å². The summed E-state index contributed by atoms with van der Waals surface area (Å²) in [4.78, 5) is 27.0. The Kier molecular flexibility index (Phi) is 6.11. The molecule has 152 valence electrons. The Morgan fingerprint density at radius 3 is 2.68 bits per heavy atom. The van der Waals surface area contributed by atoms with E-state index in [9.17, 15) is 9.59 Å². The molecule has 1 heterocycles. The van der Waals surface area contributed by atoms with Gasteiger partial charge in [0.2, 0.25) is 11.8 Å². The Hall–Kier alpha value is -2.30. The second kappa shape index (κ2) is 8.38. The molecule has 5 nitrogen and oxygen atoms in total. The standard InChI is InChI=1S/C23H32N2O3/c1-14(2)25(16(4)26)15(3)12-21-22-17(10-11-24-23(21)27)6-7-18-13-19(28-5)8-9-20(18)22/h8-9,13-15,17H,6-7,10-12H2,1-5H3,(H,24,27)/t15-,17-/m1/s1. The first-order valence-corrected chi connectivity index (χ1v) is 10.3. The van der Waals surface area contributed by atoms with E-state index < -0.39 is 0 Å². The Morgan fingerprint density at radius 1 is 1.29 bits per heavy atom. The van der Waals surface area contributed by atoms with Gasteiger partial charge >= 0.3 is 0 Å². The summed E-state index contributed by atoms with van der Waals surface area (Å²) in [5, 5.41) is 3.08. The van der Waals surface area contributed by atoms with E-state index in [0.717, 1.165) is 30.6 Å². The molecule has 0 saturated heterocycles. The van der Waals surface area contributed by atoms with Crippen LogP contribution in [0.15, 0.2) is 23.8 Å². The lowest BCUT2D eigenvalue weighted by atomic mass is 9.75. The van der Waals surface area contributed by atoms with Crippen LogP contribution in [0.4, 0.5) is 0 Å². The fourth-order valence-electron chi connectivity index (χ4n) is 4.93. The number of carbonyl (C=O) groups excluding carboxylic acids is 2. The number of aryl methyl sites for hydroxylation is 1. The Bertz CT molecular complexity index is 797. The van der Waals surface area contributed by atoms with E-state index in [2.05, 4.69) is 17.4 Å². The van der Waals surface area contributed by atoms with E-state index in [1.54, 1.807) is 14.0 Å². The molecule has 1 aliphatic heterocycles. The highest BCUT2D eigenvalue weighted by Crippen LogP contribution is 2.42. The molecule has 0 aromatic heterocycles. The molecule has 2 aliphatic rings. The van der Waals surface area contributed by atoms with Crippen molar-refractivity contribution in [2.24, 2.45) is 5.92 Å². The van der Waals surface area contributed by atoms with Crippen molar-refractivity contribution in [1.29, 1.82) is 0 Å². The number of rotatable bonds is 5. The van der Waals surface area contributed by atoms with Gasteiger partial charge in [0.15, 0.2) is 0 Å². The third-order valence-electron chi connectivity index (χ3n) is 6.04. The molecule has 5 heteroatoms. The number of nitrogens with zero attached hydrogens (tertiary/aromatic N) is 1. The Labute approximate surface area is 168 Å². The van der Waals surface area contributed by atoms with Gasteiger partial charge in [-0.1, -0.05) is 6.07 Å². The van der Waals surface area contributed by atoms with E-state index in [4.69, 9.17) is 4.74 Å². The average Bonchev–Trinajstić information content (AvgIpc) is 2.79. The maximum absolute atomic E-state index is 13.0. The van der Waals surface area contributed by atoms with Gasteiger partial charge in [-0.2, -0.15) is 0 Å². The van der Waals surface area contributed by atoms with Crippen molar-refractivity contribution < 1.29 is 14.3 Å². The summed E-state index contributed by atoms with van der Waals surface area (Å²) in [6, 6.07) is 6.25. The normalized spacial score (nSPS) is 20.1. The summed E-state index contributed by atoms with van der Waals surface area (Å²) in [5.41, 5.74) is 4.44. The van der Waals surface area contributed by atoms with Crippen molar-refractivity contribution in [2.75, 3.05) is 13.7 Å². The second-order valence-corrected chi connectivity index (χ2v) is 8.27. The molecule has 1 aliphatic carbocycles. The number of nitrogens with one attached hydrogen (secondary N) is 1. The van der Waals surface area contributed by atoms with Gasteiger partial charge < -0.3 is 15.0 Å². The van der Waals surface area contributed by atoms with E-state index in [1.807, 2.05) is 31.7 Å². The van der Waals surface area contributed by atoms with Crippen LogP contribution in [0.25, 0.3) is 5.57 Å². The zero-order valence-electron chi connectivity index (χ0n) is 17.7. The van der Waals surface area contributed by atoms with Crippen LogP contribution >= 0.6 is 0 Å². The van der Waals surface area contributed by atoms with E-state index in [1.165, 1.54) is 16.7 Å². The predicted octanol–water partition coefficient (Wildman–Crippen LogP) is 3.57.